The zero-order valence-electron chi connectivity index (χ0n) is 11.6. The molecule has 1 rings (SSSR count). The first-order chi connectivity index (χ1) is 9.01. The molecule has 1 unspecified atom stereocenters. The third-order valence-electron chi connectivity index (χ3n) is 2.51. The molecule has 0 radical (unpaired) electrons. The Labute approximate surface area is 139 Å². The molecule has 0 aromatic heterocycles. The van der Waals surface area contributed by atoms with Crippen LogP contribution in [0.25, 0.3) is 0 Å². The lowest BCUT2D eigenvalue weighted by Gasteiger charge is -2.22. The molecule has 7 heteroatoms. The lowest BCUT2D eigenvalue weighted by Crippen LogP contribution is -2.31. The van der Waals surface area contributed by atoms with Crippen LogP contribution in [0.15, 0.2) is 23.1 Å². The standard InChI is InChI=1S/C13H18BrCl2NO2S/c1-13(2,3)7-9(14)8-17-20(18,19)12-6-10(15)4-5-11(12)16/h4-6,9,17H,7-8H2,1-3H3. The maximum Gasteiger partial charge on any atom is 0.242 e. The van der Waals surface area contributed by atoms with Crippen LogP contribution in [0.3, 0.4) is 0 Å². The van der Waals surface area contributed by atoms with Gasteiger partial charge in [-0.15, -0.1) is 0 Å². The third kappa shape index (κ3) is 5.90. The van der Waals surface area contributed by atoms with Crippen molar-refractivity contribution in [2.75, 3.05) is 6.54 Å². The Balaban J connectivity index is 2.78. The lowest BCUT2D eigenvalue weighted by molar-refractivity contribution is 0.373. The van der Waals surface area contributed by atoms with E-state index in [1.54, 1.807) is 6.07 Å². The number of halogens is 3. The minimum Gasteiger partial charge on any atom is -0.210 e. The molecule has 1 atom stereocenters. The van der Waals surface area contributed by atoms with Gasteiger partial charge in [0.05, 0.1) is 5.02 Å². The molecule has 0 amide bonds. The fraction of sp³-hybridized carbons (Fsp3) is 0.538. The van der Waals surface area contributed by atoms with Gasteiger partial charge in [0.1, 0.15) is 4.90 Å². The summed E-state index contributed by atoms with van der Waals surface area (Å²) >= 11 is 15.2. The first-order valence-electron chi connectivity index (χ1n) is 6.10. The summed E-state index contributed by atoms with van der Waals surface area (Å²) in [6.45, 7) is 6.60. The zero-order chi connectivity index (χ0) is 15.6. The van der Waals surface area contributed by atoms with Crippen molar-refractivity contribution in [2.24, 2.45) is 5.41 Å². The van der Waals surface area contributed by atoms with Crippen LogP contribution in [0.5, 0.6) is 0 Å². The molecule has 0 aliphatic heterocycles. The Kier molecular flexibility index (Phi) is 6.35. The van der Waals surface area contributed by atoms with Gasteiger partial charge in [0, 0.05) is 16.4 Å². The normalized spacial score (nSPS) is 14.3. The molecule has 0 aliphatic rings. The van der Waals surface area contributed by atoms with Crippen LogP contribution >= 0.6 is 39.1 Å². The fourth-order valence-corrected chi connectivity index (χ4v) is 4.89. The van der Waals surface area contributed by atoms with Crippen molar-refractivity contribution in [1.82, 2.24) is 4.72 Å². The Morgan fingerprint density at radius 2 is 1.90 bits per heavy atom. The van der Waals surface area contributed by atoms with E-state index in [2.05, 4.69) is 41.4 Å². The van der Waals surface area contributed by atoms with E-state index in [9.17, 15) is 8.42 Å². The van der Waals surface area contributed by atoms with Crippen LogP contribution < -0.4 is 4.72 Å². The maximum atomic E-state index is 12.2. The Morgan fingerprint density at radius 1 is 1.30 bits per heavy atom. The SMILES string of the molecule is CC(C)(C)CC(Br)CNS(=O)(=O)c1cc(Cl)ccc1Cl. The van der Waals surface area contributed by atoms with Crippen molar-refractivity contribution in [3.05, 3.63) is 28.2 Å². The summed E-state index contributed by atoms with van der Waals surface area (Å²) in [4.78, 5) is 0.0531. The fourth-order valence-electron chi connectivity index (χ4n) is 1.70. The molecule has 1 aromatic rings. The molecule has 0 aliphatic carbocycles. The number of hydrogen-bond donors (Lipinski definition) is 1. The van der Waals surface area contributed by atoms with Crippen LogP contribution in [0.2, 0.25) is 10.0 Å². The lowest BCUT2D eigenvalue weighted by atomic mass is 9.91. The highest BCUT2D eigenvalue weighted by molar-refractivity contribution is 9.09. The van der Waals surface area contributed by atoms with E-state index in [-0.39, 0.29) is 20.2 Å². The average Bonchev–Trinajstić information content (AvgIpc) is 2.27. The number of benzene rings is 1. The predicted molar refractivity (Wildman–Crippen MR) is 88.4 cm³/mol. The first kappa shape index (κ1) is 18.2. The van der Waals surface area contributed by atoms with Gasteiger partial charge in [0.25, 0.3) is 0 Å². The molecule has 0 saturated heterocycles. The first-order valence-corrected chi connectivity index (χ1v) is 9.25. The predicted octanol–water partition coefficient (Wildman–Crippen LogP) is 4.47. The zero-order valence-corrected chi connectivity index (χ0v) is 15.5. The van der Waals surface area contributed by atoms with Gasteiger partial charge in [-0.1, -0.05) is 59.9 Å². The second-order valence-electron chi connectivity index (χ2n) is 5.79. The Morgan fingerprint density at radius 3 is 2.45 bits per heavy atom. The second kappa shape index (κ2) is 6.97. The molecule has 0 heterocycles. The Bertz CT molecular complexity index is 570. The van der Waals surface area contributed by atoms with Crippen LogP contribution in [-0.2, 0) is 10.0 Å². The largest absolute Gasteiger partial charge is 0.242 e. The van der Waals surface area contributed by atoms with E-state index in [1.807, 2.05) is 0 Å². The Hall–Kier alpha value is 0.190. The molecular formula is C13H18BrCl2NO2S. The van der Waals surface area contributed by atoms with Gasteiger partial charge >= 0.3 is 0 Å². The number of nitrogens with one attached hydrogen (secondary N) is 1. The van der Waals surface area contributed by atoms with Crippen LogP contribution in [-0.4, -0.2) is 19.8 Å². The van der Waals surface area contributed by atoms with Gasteiger partial charge in [-0.2, -0.15) is 0 Å². The van der Waals surface area contributed by atoms with E-state index in [4.69, 9.17) is 23.2 Å². The van der Waals surface area contributed by atoms with Crippen molar-refractivity contribution in [3.63, 3.8) is 0 Å². The highest BCUT2D eigenvalue weighted by atomic mass is 79.9. The molecular weight excluding hydrogens is 385 g/mol. The van der Waals surface area contributed by atoms with Crippen molar-refractivity contribution < 1.29 is 8.42 Å². The van der Waals surface area contributed by atoms with Crippen LogP contribution in [0.1, 0.15) is 27.2 Å². The highest BCUT2D eigenvalue weighted by Crippen LogP contribution is 2.26. The summed E-state index contributed by atoms with van der Waals surface area (Å²) in [5.74, 6) is 0. The summed E-state index contributed by atoms with van der Waals surface area (Å²) in [7, 11) is -3.66. The smallest absolute Gasteiger partial charge is 0.210 e. The van der Waals surface area contributed by atoms with Gasteiger partial charge < -0.3 is 0 Å². The molecule has 1 aromatic carbocycles. The maximum absolute atomic E-state index is 12.2. The molecule has 1 N–H and O–H groups in total. The van der Waals surface area contributed by atoms with E-state index >= 15 is 0 Å². The molecule has 3 nitrogen and oxygen atoms in total. The summed E-state index contributed by atoms with van der Waals surface area (Å²) in [6, 6.07) is 4.37. The topological polar surface area (TPSA) is 46.2 Å². The molecule has 114 valence electrons. The minimum absolute atomic E-state index is 0.00197. The van der Waals surface area contributed by atoms with Crippen molar-refractivity contribution >= 4 is 49.2 Å². The van der Waals surface area contributed by atoms with Crippen molar-refractivity contribution in [3.8, 4) is 0 Å². The van der Waals surface area contributed by atoms with Gasteiger partial charge in [-0.3, -0.25) is 0 Å². The third-order valence-corrected chi connectivity index (χ3v) is 5.30. The minimum atomic E-state index is -3.66. The summed E-state index contributed by atoms with van der Waals surface area (Å²) < 4.78 is 26.9. The molecule has 20 heavy (non-hydrogen) atoms. The van der Waals surface area contributed by atoms with Gasteiger partial charge in [-0.25, -0.2) is 13.1 Å². The second-order valence-corrected chi connectivity index (χ2v) is 9.66. The van der Waals surface area contributed by atoms with Gasteiger partial charge in [-0.05, 0) is 30.0 Å². The van der Waals surface area contributed by atoms with E-state index in [0.29, 0.717) is 11.6 Å². The van der Waals surface area contributed by atoms with E-state index in [1.165, 1.54) is 12.1 Å². The van der Waals surface area contributed by atoms with Crippen LogP contribution in [0, 0.1) is 5.41 Å². The molecule has 0 fully saturated rings. The number of alkyl halides is 1. The monoisotopic (exact) mass is 401 g/mol. The van der Waals surface area contributed by atoms with Crippen LogP contribution in [0.4, 0.5) is 0 Å². The van der Waals surface area contributed by atoms with E-state index < -0.39 is 10.0 Å². The summed E-state index contributed by atoms with van der Waals surface area (Å²) in [6.07, 6.45) is 0.846. The number of hydrogen-bond acceptors (Lipinski definition) is 2. The number of sulfonamides is 1. The molecule has 0 saturated carbocycles. The summed E-state index contributed by atoms with van der Waals surface area (Å²) in [5, 5.41) is 0.490. The van der Waals surface area contributed by atoms with E-state index in [0.717, 1.165) is 6.42 Å². The van der Waals surface area contributed by atoms with Gasteiger partial charge in [0.15, 0.2) is 0 Å². The highest BCUT2D eigenvalue weighted by Gasteiger charge is 2.22. The average molecular weight is 403 g/mol. The van der Waals surface area contributed by atoms with Crippen molar-refractivity contribution in [1.29, 1.82) is 0 Å². The number of rotatable bonds is 5. The van der Waals surface area contributed by atoms with Crippen molar-refractivity contribution in [2.45, 2.75) is 36.9 Å². The summed E-state index contributed by atoms with van der Waals surface area (Å²) in [5.41, 5.74) is 0.118. The molecule has 0 spiro atoms. The molecule has 0 bridgehead atoms. The van der Waals surface area contributed by atoms with Gasteiger partial charge in [0.2, 0.25) is 10.0 Å². The quantitative estimate of drug-likeness (QED) is 0.738.